The Morgan fingerprint density at radius 2 is 2.00 bits per heavy atom. The van der Waals surface area contributed by atoms with Crippen LogP contribution in [0.25, 0.3) is 0 Å². The number of aliphatic hydroxyl groups is 1. The topological polar surface area (TPSA) is 60.2 Å². The second kappa shape index (κ2) is 7.78. The van der Waals surface area contributed by atoms with Crippen molar-refractivity contribution in [1.29, 1.82) is 0 Å². The van der Waals surface area contributed by atoms with Crippen LogP contribution in [0.3, 0.4) is 0 Å². The Kier molecular flexibility index (Phi) is 5.75. The zero-order valence-corrected chi connectivity index (χ0v) is 12.7. The Bertz CT molecular complexity index is 537. The normalized spacial score (nSPS) is 12.3. The summed E-state index contributed by atoms with van der Waals surface area (Å²) in [5.41, 5.74) is 0.864. The highest BCUT2D eigenvalue weighted by Crippen LogP contribution is 2.20. The van der Waals surface area contributed by atoms with Gasteiger partial charge in [0.25, 0.3) is 0 Å². The van der Waals surface area contributed by atoms with E-state index >= 15 is 0 Å². The van der Waals surface area contributed by atoms with E-state index in [4.69, 9.17) is 4.74 Å². The molecule has 0 aliphatic carbocycles. The molecular weight excluding hydrogens is 266 g/mol. The van der Waals surface area contributed by atoms with Crippen LogP contribution in [0.5, 0.6) is 5.75 Å². The van der Waals surface area contributed by atoms with Crippen molar-refractivity contribution in [2.75, 3.05) is 6.61 Å². The zero-order valence-electron chi connectivity index (χ0n) is 12.7. The number of nitrogens with zero attached hydrogens (tertiary/aromatic N) is 3. The van der Waals surface area contributed by atoms with Crippen molar-refractivity contribution in [2.45, 2.75) is 45.8 Å². The minimum Gasteiger partial charge on any atom is -0.494 e. The molecule has 2 rings (SSSR count). The lowest BCUT2D eigenvalue weighted by molar-refractivity contribution is 0.174. The zero-order chi connectivity index (χ0) is 15.1. The maximum Gasteiger partial charge on any atom is 0.138 e. The Morgan fingerprint density at radius 1 is 1.24 bits per heavy atom. The Morgan fingerprint density at radius 3 is 2.67 bits per heavy atom. The number of aliphatic hydroxyl groups excluding tert-OH is 1. The number of ether oxygens (including phenoxy) is 1. The van der Waals surface area contributed by atoms with Gasteiger partial charge >= 0.3 is 0 Å². The van der Waals surface area contributed by atoms with Crippen LogP contribution in [0.2, 0.25) is 0 Å². The number of hydrogen-bond donors (Lipinski definition) is 1. The molecular formula is C16H23N3O2. The minimum atomic E-state index is -0.579. The molecule has 1 N–H and O–H groups in total. The van der Waals surface area contributed by atoms with Gasteiger partial charge in [-0.25, -0.2) is 4.98 Å². The molecule has 0 bridgehead atoms. The van der Waals surface area contributed by atoms with Gasteiger partial charge in [0.1, 0.15) is 17.9 Å². The van der Waals surface area contributed by atoms with Gasteiger partial charge in [-0.2, -0.15) is 5.10 Å². The molecule has 1 aromatic heterocycles. The first-order chi connectivity index (χ1) is 10.2. The van der Waals surface area contributed by atoms with Crippen LogP contribution >= 0.6 is 0 Å². The number of hydrogen-bond acceptors (Lipinski definition) is 4. The molecule has 0 aliphatic rings. The first-order valence-electron chi connectivity index (χ1n) is 7.52. The molecule has 5 heteroatoms. The average molecular weight is 289 g/mol. The summed E-state index contributed by atoms with van der Waals surface area (Å²) in [5.74, 6) is 1.64. The lowest BCUT2D eigenvalue weighted by atomic mass is 10.1. The highest BCUT2D eigenvalue weighted by Gasteiger charge is 2.12. The second-order valence-corrected chi connectivity index (χ2v) is 4.98. The summed E-state index contributed by atoms with van der Waals surface area (Å²) < 4.78 is 7.41. The van der Waals surface area contributed by atoms with Gasteiger partial charge in [-0.15, -0.1) is 0 Å². The average Bonchev–Trinajstić information content (AvgIpc) is 2.95. The van der Waals surface area contributed by atoms with Crippen LogP contribution in [0.1, 0.15) is 44.2 Å². The molecule has 1 aromatic carbocycles. The van der Waals surface area contributed by atoms with Crippen LogP contribution in [0.4, 0.5) is 0 Å². The van der Waals surface area contributed by atoms with Gasteiger partial charge in [0.2, 0.25) is 0 Å². The summed E-state index contributed by atoms with van der Waals surface area (Å²) in [4.78, 5) is 4.19. The summed E-state index contributed by atoms with van der Waals surface area (Å²) in [6.45, 7) is 5.63. The van der Waals surface area contributed by atoms with Crippen molar-refractivity contribution in [3.63, 3.8) is 0 Å². The molecule has 0 spiro atoms. The fourth-order valence-corrected chi connectivity index (χ4v) is 2.12. The van der Waals surface area contributed by atoms with Crippen molar-refractivity contribution < 1.29 is 9.84 Å². The van der Waals surface area contributed by atoms with Gasteiger partial charge in [-0.1, -0.05) is 25.5 Å². The van der Waals surface area contributed by atoms with Crippen LogP contribution < -0.4 is 4.74 Å². The van der Waals surface area contributed by atoms with Gasteiger partial charge in [-0.05, 0) is 31.0 Å². The lowest BCUT2D eigenvalue weighted by Gasteiger charge is -2.12. The molecule has 0 amide bonds. The highest BCUT2D eigenvalue weighted by molar-refractivity contribution is 5.28. The number of unbranched alkanes of at least 4 members (excludes halogenated alkanes) is 1. The van der Waals surface area contributed by atoms with E-state index in [2.05, 4.69) is 17.0 Å². The van der Waals surface area contributed by atoms with Crippen molar-refractivity contribution in [1.82, 2.24) is 14.8 Å². The molecule has 0 aliphatic heterocycles. The minimum absolute atomic E-state index is 0.462. The van der Waals surface area contributed by atoms with E-state index in [1.54, 1.807) is 4.68 Å². The summed E-state index contributed by atoms with van der Waals surface area (Å²) >= 11 is 0. The first kappa shape index (κ1) is 15.5. The maximum atomic E-state index is 10.3. The SMILES string of the molecule is CCCCOc1ccc(C(O)Cc2ncnn2CC)cc1. The largest absolute Gasteiger partial charge is 0.494 e. The summed E-state index contributed by atoms with van der Waals surface area (Å²) in [6, 6.07) is 7.61. The van der Waals surface area contributed by atoms with Crippen LogP contribution in [-0.4, -0.2) is 26.5 Å². The molecule has 0 saturated carbocycles. The van der Waals surface area contributed by atoms with Crippen molar-refractivity contribution in [2.24, 2.45) is 0 Å². The standard InChI is InChI=1S/C16H23N3O2/c1-3-5-10-21-14-8-6-13(7-9-14)15(20)11-16-17-12-18-19(16)4-2/h6-9,12,15,20H,3-5,10-11H2,1-2H3. The number of rotatable bonds is 8. The Hall–Kier alpha value is -1.88. The third-order valence-electron chi connectivity index (χ3n) is 3.40. The number of aromatic nitrogens is 3. The summed E-state index contributed by atoms with van der Waals surface area (Å²) in [7, 11) is 0. The third-order valence-corrected chi connectivity index (χ3v) is 3.40. The molecule has 1 unspecified atom stereocenters. The van der Waals surface area contributed by atoms with Crippen LogP contribution in [0.15, 0.2) is 30.6 Å². The summed E-state index contributed by atoms with van der Waals surface area (Å²) in [6.07, 6.45) is 3.58. The van der Waals surface area contributed by atoms with Crippen molar-refractivity contribution in [3.05, 3.63) is 42.0 Å². The van der Waals surface area contributed by atoms with E-state index in [1.165, 1.54) is 6.33 Å². The van der Waals surface area contributed by atoms with Gasteiger partial charge < -0.3 is 9.84 Å². The second-order valence-electron chi connectivity index (χ2n) is 4.98. The van der Waals surface area contributed by atoms with E-state index in [-0.39, 0.29) is 0 Å². The van der Waals surface area contributed by atoms with E-state index in [0.29, 0.717) is 6.42 Å². The predicted molar refractivity (Wildman–Crippen MR) is 81.2 cm³/mol. The van der Waals surface area contributed by atoms with Gasteiger partial charge in [0, 0.05) is 13.0 Å². The maximum absolute atomic E-state index is 10.3. The molecule has 2 aromatic rings. The van der Waals surface area contributed by atoms with E-state index < -0.39 is 6.10 Å². The quantitative estimate of drug-likeness (QED) is 0.759. The fraction of sp³-hybridized carbons (Fsp3) is 0.500. The third kappa shape index (κ3) is 4.29. The molecule has 0 fully saturated rings. The molecule has 5 nitrogen and oxygen atoms in total. The van der Waals surface area contributed by atoms with E-state index in [0.717, 1.165) is 43.1 Å². The lowest BCUT2D eigenvalue weighted by Crippen LogP contribution is -2.09. The van der Waals surface area contributed by atoms with Gasteiger partial charge in [0.05, 0.1) is 12.7 Å². The predicted octanol–water partition coefficient (Wildman–Crippen LogP) is 2.75. The molecule has 1 atom stereocenters. The van der Waals surface area contributed by atoms with E-state index in [1.807, 2.05) is 31.2 Å². The summed E-state index contributed by atoms with van der Waals surface area (Å²) in [5, 5.41) is 14.4. The monoisotopic (exact) mass is 289 g/mol. The Labute approximate surface area is 125 Å². The molecule has 0 saturated heterocycles. The smallest absolute Gasteiger partial charge is 0.138 e. The molecule has 114 valence electrons. The number of benzene rings is 1. The van der Waals surface area contributed by atoms with Gasteiger partial charge in [0.15, 0.2) is 0 Å². The molecule has 0 radical (unpaired) electrons. The fourth-order valence-electron chi connectivity index (χ4n) is 2.12. The number of aryl methyl sites for hydroxylation is 1. The first-order valence-corrected chi connectivity index (χ1v) is 7.52. The molecule has 1 heterocycles. The Balaban J connectivity index is 1.94. The highest BCUT2D eigenvalue weighted by atomic mass is 16.5. The molecule has 21 heavy (non-hydrogen) atoms. The van der Waals surface area contributed by atoms with E-state index in [9.17, 15) is 5.11 Å². The van der Waals surface area contributed by atoms with Crippen LogP contribution in [-0.2, 0) is 13.0 Å². The van der Waals surface area contributed by atoms with Crippen molar-refractivity contribution >= 4 is 0 Å². The van der Waals surface area contributed by atoms with Gasteiger partial charge in [-0.3, -0.25) is 4.68 Å². The van der Waals surface area contributed by atoms with Crippen molar-refractivity contribution in [3.8, 4) is 5.75 Å². The van der Waals surface area contributed by atoms with Crippen LogP contribution in [0, 0.1) is 0 Å².